The van der Waals surface area contributed by atoms with E-state index in [9.17, 15) is 0 Å². The largest absolute Gasteiger partial charge is 0.344 e. The van der Waals surface area contributed by atoms with Gasteiger partial charge in [-0.25, -0.2) is 0 Å². The monoisotopic (exact) mass is 685 g/mol. The molecule has 258 valence electrons. The van der Waals surface area contributed by atoms with Crippen LogP contribution in [-0.4, -0.2) is 12.3 Å². The summed E-state index contributed by atoms with van der Waals surface area (Å²) < 4.78 is 0. The fourth-order valence-electron chi connectivity index (χ4n) is 6.50. The van der Waals surface area contributed by atoms with Crippen molar-refractivity contribution in [3.8, 4) is 22.3 Å². The molecule has 0 aliphatic carbocycles. The van der Waals surface area contributed by atoms with E-state index in [4.69, 9.17) is 0 Å². The van der Waals surface area contributed by atoms with Crippen molar-refractivity contribution in [2.24, 2.45) is 0 Å². The van der Waals surface area contributed by atoms with Crippen molar-refractivity contribution in [1.82, 2.24) is 0 Å². The van der Waals surface area contributed by atoms with Gasteiger partial charge in [0.05, 0.1) is 0 Å². The Labute approximate surface area is 311 Å². The lowest BCUT2D eigenvalue weighted by Crippen LogP contribution is -2.12. The predicted octanol–water partition coefficient (Wildman–Crippen LogP) is 14.4. The number of allylic oxidation sites excluding steroid dienone is 2. The molecule has 51 heavy (non-hydrogen) atoms. The second-order valence-electron chi connectivity index (χ2n) is 12.9. The summed E-state index contributed by atoms with van der Waals surface area (Å²) in [5.41, 5.74) is 15.0. The van der Waals surface area contributed by atoms with E-state index in [0.717, 1.165) is 6.42 Å². The molecule has 0 fully saturated rings. The second-order valence-corrected chi connectivity index (χ2v) is 14.3. The number of nitrogens with zero attached hydrogens (tertiary/aromatic N) is 1. The van der Waals surface area contributed by atoms with Gasteiger partial charge in [-0.05, 0) is 97.3 Å². The first-order valence-electron chi connectivity index (χ1n) is 18.1. The maximum atomic E-state index is 2.43. The van der Waals surface area contributed by atoms with Gasteiger partial charge in [0.15, 0.2) is 0 Å². The van der Waals surface area contributed by atoms with Gasteiger partial charge < -0.3 is 4.90 Å². The minimum Gasteiger partial charge on any atom is -0.344 e. The van der Waals surface area contributed by atoms with Crippen LogP contribution < -0.4 is 4.90 Å². The number of aryl methyl sites for hydroxylation is 1. The first-order chi connectivity index (χ1) is 24.9. The van der Waals surface area contributed by atoms with Crippen LogP contribution in [0.4, 0.5) is 11.4 Å². The highest BCUT2D eigenvalue weighted by atomic mass is 32.2. The molecule has 0 saturated carbocycles. The lowest BCUT2D eigenvalue weighted by Gasteiger charge is -2.26. The maximum absolute atomic E-state index is 2.43. The molecular weight excluding hydrogens is 635 g/mol. The molecule has 0 radical (unpaired) electrons. The lowest BCUT2D eigenvalue weighted by atomic mass is 9.92. The first-order valence-corrected chi connectivity index (χ1v) is 19.0. The zero-order chi connectivity index (χ0) is 36.2. The smallest absolute Gasteiger partial charge is 0.0487 e. The van der Waals surface area contributed by atoms with E-state index in [1.807, 2.05) is 25.6 Å². The van der Waals surface area contributed by atoms with Gasteiger partial charge in [-0.15, -0.1) is 11.8 Å². The Balaban J connectivity index is 0.00000248. The predicted molar refractivity (Wildman–Crippen MR) is 227 cm³/mol. The van der Waals surface area contributed by atoms with Crippen LogP contribution in [0.5, 0.6) is 0 Å². The van der Waals surface area contributed by atoms with Crippen LogP contribution >= 0.6 is 11.8 Å². The summed E-state index contributed by atoms with van der Waals surface area (Å²) in [6.45, 7) is 12.9. The van der Waals surface area contributed by atoms with E-state index < -0.39 is 0 Å². The number of hydrogen-bond donors (Lipinski definition) is 0. The van der Waals surface area contributed by atoms with E-state index in [1.165, 1.54) is 71.9 Å². The Kier molecular flexibility index (Phi) is 13.3. The van der Waals surface area contributed by atoms with Gasteiger partial charge >= 0.3 is 0 Å². The highest BCUT2D eigenvalue weighted by molar-refractivity contribution is 8.00. The van der Waals surface area contributed by atoms with Crippen LogP contribution in [0.25, 0.3) is 33.9 Å². The minimum atomic E-state index is 0.364. The molecular formula is C49H51NS. The number of thioether (sulfide) groups is 1. The fourth-order valence-corrected chi connectivity index (χ4v) is 7.67. The van der Waals surface area contributed by atoms with Crippen LogP contribution in [0.2, 0.25) is 0 Å². The zero-order valence-electron chi connectivity index (χ0n) is 31.2. The van der Waals surface area contributed by atoms with Crippen molar-refractivity contribution < 1.29 is 0 Å². The van der Waals surface area contributed by atoms with Gasteiger partial charge in [-0.2, -0.15) is 0 Å². The molecule has 0 saturated heterocycles. The first kappa shape index (κ1) is 37.2. The Morgan fingerprint density at radius 1 is 0.647 bits per heavy atom. The zero-order valence-corrected chi connectivity index (χ0v) is 32.0. The molecule has 6 aromatic carbocycles. The molecule has 0 amide bonds. The standard InChI is InChI=1S/C47H45NS.C2H6/c1-34(2)30-36(4)49-47-29-28-40(32-42(47)33-41(37-19-8-6-9-20-37)31-39-23-13-12-18-35(39)3)44-25-15-17-27-46(44)48(5)45-26-16-14-24-43(45)38-21-10-7-11-22-38;1-2/h6-32,36H,33H2,1-5H3;1-2H3/b41-31-;. The van der Waals surface area contributed by atoms with Crippen molar-refractivity contribution in [1.29, 1.82) is 0 Å². The van der Waals surface area contributed by atoms with Crippen LogP contribution in [0.1, 0.15) is 56.9 Å². The molecule has 0 aliphatic heterocycles. The Morgan fingerprint density at radius 2 is 1.20 bits per heavy atom. The number of anilines is 2. The van der Waals surface area contributed by atoms with Crippen LogP contribution in [0.3, 0.4) is 0 Å². The summed E-state index contributed by atoms with van der Waals surface area (Å²) in [6, 6.07) is 54.8. The van der Waals surface area contributed by atoms with Gasteiger partial charge in [0.1, 0.15) is 0 Å². The average Bonchev–Trinajstić information content (AvgIpc) is 3.17. The van der Waals surface area contributed by atoms with E-state index in [2.05, 4.69) is 203 Å². The van der Waals surface area contributed by atoms with E-state index >= 15 is 0 Å². The van der Waals surface area contributed by atoms with Crippen molar-refractivity contribution in [3.05, 3.63) is 186 Å². The molecule has 0 aromatic heterocycles. The van der Waals surface area contributed by atoms with Gasteiger partial charge in [0.25, 0.3) is 0 Å². The average molecular weight is 686 g/mol. The van der Waals surface area contributed by atoms with Crippen LogP contribution in [-0.2, 0) is 6.42 Å². The molecule has 0 heterocycles. The SMILES string of the molecule is CC.CC(C)=CC(C)Sc1ccc(-c2ccccc2N(C)c2ccccc2-c2ccccc2)cc1C/C(=C/c1ccccc1C)c1ccccc1. The van der Waals surface area contributed by atoms with Crippen molar-refractivity contribution in [2.45, 2.75) is 58.1 Å². The number of rotatable bonds is 11. The minimum absolute atomic E-state index is 0.364. The summed E-state index contributed by atoms with van der Waals surface area (Å²) >= 11 is 1.94. The fraction of sp³-hybridized carbons (Fsp3) is 0.184. The number of benzene rings is 6. The third kappa shape index (κ3) is 9.60. The van der Waals surface area contributed by atoms with Gasteiger partial charge in [0, 0.05) is 39.7 Å². The molecule has 1 unspecified atom stereocenters. The van der Waals surface area contributed by atoms with E-state index in [0.29, 0.717) is 5.25 Å². The molecule has 0 aliphatic rings. The molecule has 1 nitrogen and oxygen atoms in total. The molecule has 2 heteroatoms. The Bertz CT molecular complexity index is 2070. The van der Waals surface area contributed by atoms with Crippen molar-refractivity contribution in [2.75, 3.05) is 11.9 Å². The summed E-state index contributed by atoms with van der Waals surface area (Å²) in [5, 5.41) is 0.364. The van der Waals surface area contributed by atoms with E-state index in [1.54, 1.807) is 0 Å². The molecule has 6 rings (SSSR count). The Hall–Kier alpha value is -5.05. The van der Waals surface area contributed by atoms with Crippen molar-refractivity contribution in [3.63, 3.8) is 0 Å². The van der Waals surface area contributed by atoms with Gasteiger partial charge in [-0.1, -0.05) is 159 Å². The molecule has 1 atom stereocenters. The quantitative estimate of drug-likeness (QED) is 0.0759. The number of para-hydroxylation sites is 2. The topological polar surface area (TPSA) is 3.24 Å². The molecule has 0 N–H and O–H groups in total. The van der Waals surface area contributed by atoms with Crippen molar-refractivity contribution >= 4 is 34.8 Å². The summed E-state index contributed by atoms with van der Waals surface area (Å²) in [7, 11) is 2.19. The summed E-state index contributed by atoms with van der Waals surface area (Å²) in [6.07, 6.45) is 5.57. The lowest BCUT2D eigenvalue weighted by molar-refractivity contribution is 1.15. The summed E-state index contributed by atoms with van der Waals surface area (Å²) in [5.74, 6) is 0. The molecule has 0 spiro atoms. The third-order valence-corrected chi connectivity index (χ3v) is 10.1. The normalized spacial score (nSPS) is 11.6. The second kappa shape index (κ2) is 18.3. The van der Waals surface area contributed by atoms with Gasteiger partial charge in [0.2, 0.25) is 0 Å². The summed E-state index contributed by atoms with van der Waals surface area (Å²) in [4.78, 5) is 3.66. The third-order valence-electron chi connectivity index (χ3n) is 8.91. The highest BCUT2D eigenvalue weighted by Gasteiger charge is 2.17. The molecule has 0 bridgehead atoms. The highest BCUT2D eigenvalue weighted by Crippen LogP contribution is 2.41. The maximum Gasteiger partial charge on any atom is 0.0487 e. The van der Waals surface area contributed by atoms with E-state index in [-0.39, 0.29) is 0 Å². The number of hydrogen-bond acceptors (Lipinski definition) is 2. The van der Waals surface area contributed by atoms with Crippen LogP contribution in [0, 0.1) is 6.92 Å². The Morgan fingerprint density at radius 3 is 1.82 bits per heavy atom. The van der Waals surface area contributed by atoms with Gasteiger partial charge in [-0.3, -0.25) is 0 Å². The van der Waals surface area contributed by atoms with Crippen LogP contribution in [0.15, 0.2) is 168 Å². The molecule has 6 aromatic rings.